The molecule has 0 radical (unpaired) electrons. The molecule has 41 heavy (non-hydrogen) atoms. The zero-order valence-corrected chi connectivity index (χ0v) is 24.0. The van der Waals surface area contributed by atoms with Gasteiger partial charge < -0.3 is 24.9 Å². The zero-order valence-electron chi connectivity index (χ0n) is 22.3. The van der Waals surface area contributed by atoms with Crippen LogP contribution in [0.3, 0.4) is 0 Å². The molecule has 214 valence electrons. The summed E-state index contributed by atoms with van der Waals surface area (Å²) in [7, 11) is -3.56. The van der Waals surface area contributed by atoms with E-state index in [9.17, 15) is 18.3 Å². The Kier molecular flexibility index (Phi) is 7.94. The summed E-state index contributed by atoms with van der Waals surface area (Å²) in [6.07, 6.45) is 2.34. The molecule has 6 rings (SSSR count). The molecule has 1 fully saturated rings. The molecule has 0 spiro atoms. The Morgan fingerprint density at radius 3 is 2.56 bits per heavy atom. The molecule has 1 saturated heterocycles. The van der Waals surface area contributed by atoms with E-state index >= 15 is 0 Å². The van der Waals surface area contributed by atoms with Gasteiger partial charge >= 0.3 is 0 Å². The Balaban J connectivity index is 1.26. The topological polar surface area (TPSA) is 121 Å². The number of nitrogens with zero attached hydrogens (tertiary/aromatic N) is 1. The van der Waals surface area contributed by atoms with Gasteiger partial charge in [0, 0.05) is 41.7 Å². The van der Waals surface area contributed by atoms with E-state index in [4.69, 9.17) is 9.47 Å². The number of carbonyl (C=O) groups is 1. The minimum atomic E-state index is -3.56. The molecule has 9 nitrogen and oxygen atoms in total. The van der Waals surface area contributed by atoms with Crippen LogP contribution in [0.2, 0.25) is 0 Å². The van der Waals surface area contributed by atoms with Crippen LogP contribution in [-0.2, 0) is 16.4 Å². The number of hydrogen-bond donors (Lipinski definition) is 3. The summed E-state index contributed by atoms with van der Waals surface area (Å²) >= 11 is 1.75. The van der Waals surface area contributed by atoms with Gasteiger partial charge in [-0.25, -0.2) is 8.42 Å². The van der Waals surface area contributed by atoms with E-state index in [0.29, 0.717) is 49.8 Å². The van der Waals surface area contributed by atoms with Gasteiger partial charge in [-0.05, 0) is 53.4 Å². The summed E-state index contributed by atoms with van der Waals surface area (Å²) in [4.78, 5) is 17.0. The second-order valence-electron chi connectivity index (χ2n) is 10.0. The summed E-state index contributed by atoms with van der Waals surface area (Å²) in [5.74, 6) is 1.98. The molecule has 2 aliphatic heterocycles. The maximum absolute atomic E-state index is 13.6. The molecule has 3 heterocycles. The summed E-state index contributed by atoms with van der Waals surface area (Å²) in [5.41, 5.74) is 3.70. The van der Waals surface area contributed by atoms with E-state index in [0.717, 1.165) is 33.5 Å². The van der Waals surface area contributed by atoms with Crippen molar-refractivity contribution in [3.05, 3.63) is 78.0 Å². The van der Waals surface area contributed by atoms with Crippen molar-refractivity contribution < 1.29 is 27.8 Å². The van der Waals surface area contributed by atoms with Gasteiger partial charge in [0.25, 0.3) is 5.91 Å². The lowest BCUT2D eigenvalue weighted by Gasteiger charge is -2.25. The van der Waals surface area contributed by atoms with Crippen LogP contribution in [0, 0.1) is 0 Å². The van der Waals surface area contributed by atoms with Crippen LogP contribution in [0.4, 0.5) is 0 Å². The van der Waals surface area contributed by atoms with Gasteiger partial charge in [-0.2, -0.15) is 16.1 Å². The van der Waals surface area contributed by atoms with E-state index in [2.05, 4.69) is 10.3 Å². The SMILES string of the molecule is O=C(N[C@@H](CO)Cc1c[nH]c2ccccc12)c1cc(-c2ccc(S(=O)(=O)N3CCSCC3)cc2)cc2c1OCCO2. The van der Waals surface area contributed by atoms with Crippen LogP contribution < -0.4 is 14.8 Å². The number of benzene rings is 3. The standard InChI is InChI=1S/C30H31N3O6S2/c34-19-23(15-22-18-31-27-4-2-1-3-25(22)27)32-30(35)26-16-21(17-28-29(26)39-12-11-38-28)20-5-7-24(8-6-20)41(36,37)33-9-13-40-14-10-33/h1-8,16-18,23,31,34H,9-15,19H2,(H,32,35)/t23-/m1/s1. The number of aliphatic hydroxyl groups is 1. The number of H-pyrrole nitrogens is 1. The first-order chi connectivity index (χ1) is 19.9. The molecule has 3 N–H and O–H groups in total. The maximum Gasteiger partial charge on any atom is 0.255 e. The molecule has 0 bridgehead atoms. The lowest BCUT2D eigenvalue weighted by atomic mass is 10.00. The number of para-hydroxylation sites is 1. The number of aromatic nitrogens is 1. The van der Waals surface area contributed by atoms with Crippen molar-refractivity contribution in [1.29, 1.82) is 0 Å². The predicted molar refractivity (Wildman–Crippen MR) is 159 cm³/mol. The van der Waals surface area contributed by atoms with Crippen LogP contribution in [0.1, 0.15) is 15.9 Å². The van der Waals surface area contributed by atoms with Gasteiger partial charge in [-0.3, -0.25) is 4.79 Å². The molecule has 3 aromatic carbocycles. The largest absolute Gasteiger partial charge is 0.486 e. The number of thioether (sulfide) groups is 1. The first-order valence-corrected chi connectivity index (χ1v) is 16.1. The quantitative estimate of drug-likeness (QED) is 0.285. The van der Waals surface area contributed by atoms with E-state index in [1.165, 1.54) is 4.31 Å². The molecule has 0 unspecified atom stereocenters. The predicted octanol–water partition coefficient (Wildman–Crippen LogP) is 3.68. The number of rotatable bonds is 8. The molecule has 4 aromatic rings. The van der Waals surface area contributed by atoms with Gasteiger partial charge in [-0.1, -0.05) is 30.3 Å². The average molecular weight is 594 g/mol. The molecule has 11 heteroatoms. The van der Waals surface area contributed by atoms with Crippen molar-refractivity contribution in [3.63, 3.8) is 0 Å². The highest BCUT2D eigenvalue weighted by atomic mass is 32.2. The van der Waals surface area contributed by atoms with Crippen molar-refractivity contribution in [2.24, 2.45) is 0 Å². The first-order valence-electron chi connectivity index (χ1n) is 13.5. The second-order valence-corrected chi connectivity index (χ2v) is 13.2. The number of aromatic amines is 1. The van der Waals surface area contributed by atoms with Crippen molar-refractivity contribution in [2.75, 3.05) is 44.4 Å². The third-order valence-corrected chi connectivity index (χ3v) is 10.2. The number of carbonyl (C=O) groups excluding carboxylic acids is 1. The fraction of sp³-hybridized carbons (Fsp3) is 0.300. The number of nitrogens with one attached hydrogen (secondary N) is 2. The molecule has 1 aromatic heterocycles. The number of aliphatic hydroxyl groups excluding tert-OH is 1. The average Bonchev–Trinajstić information content (AvgIpc) is 3.43. The number of fused-ring (bicyclic) bond motifs is 2. The maximum atomic E-state index is 13.6. The number of amides is 1. The van der Waals surface area contributed by atoms with Crippen LogP contribution in [-0.4, -0.2) is 79.2 Å². The highest BCUT2D eigenvalue weighted by Crippen LogP contribution is 2.39. The smallest absolute Gasteiger partial charge is 0.255 e. The Morgan fingerprint density at radius 1 is 1.02 bits per heavy atom. The van der Waals surface area contributed by atoms with E-state index in [1.807, 2.05) is 30.5 Å². The Bertz CT molecular complexity index is 1660. The number of sulfonamides is 1. The summed E-state index contributed by atoms with van der Waals surface area (Å²) in [5, 5.41) is 14.1. The molecule has 2 aliphatic rings. The van der Waals surface area contributed by atoms with Crippen molar-refractivity contribution in [1.82, 2.24) is 14.6 Å². The number of ether oxygens (including phenoxy) is 2. The highest BCUT2D eigenvalue weighted by Gasteiger charge is 2.27. The first kappa shape index (κ1) is 27.6. The zero-order chi connectivity index (χ0) is 28.4. The number of hydrogen-bond acceptors (Lipinski definition) is 7. The fourth-order valence-electron chi connectivity index (χ4n) is 5.23. The second kappa shape index (κ2) is 11.8. The van der Waals surface area contributed by atoms with Crippen molar-refractivity contribution in [3.8, 4) is 22.6 Å². The molecule has 0 saturated carbocycles. The third kappa shape index (κ3) is 5.67. The summed E-state index contributed by atoms with van der Waals surface area (Å²) < 4.78 is 39.4. The molecule has 0 aliphatic carbocycles. The van der Waals surface area contributed by atoms with Gasteiger partial charge in [0.15, 0.2) is 11.5 Å². The van der Waals surface area contributed by atoms with Crippen LogP contribution in [0.25, 0.3) is 22.0 Å². The Labute approximate surface area is 242 Å². The van der Waals surface area contributed by atoms with Crippen molar-refractivity contribution >= 4 is 38.6 Å². The van der Waals surface area contributed by atoms with Crippen LogP contribution >= 0.6 is 11.8 Å². The van der Waals surface area contributed by atoms with Gasteiger partial charge in [0.1, 0.15) is 13.2 Å². The van der Waals surface area contributed by atoms with Gasteiger partial charge in [0.2, 0.25) is 10.0 Å². The minimum Gasteiger partial charge on any atom is -0.486 e. The Hall–Kier alpha value is -3.51. The molecular formula is C30H31N3O6S2. The lowest BCUT2D eigenvalue weighted by molar-refractivity contribution is 0.0906. The van der Waals surface area contributed by atoms with Gasteiger partial charge in [-0.15, -0.1) is 0 Å². The van der Waals surface area contributed by atoms with E-state index in [1.54, 1.807) is 48.2 Å². The molecular weight excluding hydrogens is 562 g/mol. The molecule has 1 amide bonds. The Morgan fingerprint density at radius 2 is 1.78 bits per heavy atom. The van der Waals surface area contributed by atoms with E-state index in [-0.39, 0.29) is 17.1 Å². The van der Waals surface area contributed by atoms with Crippen LogP contribution in [0.5, 0.6) is 11.5 Å². The summed E-state index contributed by atoms with van der Waals surface area (Å²) in [6.45, 7) is 1.43. The van der Waals surface area contributed by atoms with Gasteiger partial charge in [0.05, 0.1) is 23.1 Å². The van der Waals surface area contributed by atoms with E-state index < -0.39 is 22.0 Å². The minimum absolute atomic E-state index is 0.240. The highest BCUT2D eigenvalue weighted by molar-refractivity contribution is 7.99. The summed E-state index contributed by atoms with van der Waals surface area (Å²) in [6, 6.07) is 17.6. The molecule has 1 atom stereocenters. The normalized spacial score (nSPS) is 16.4. The van der Waals surface area contributed by atoms with Crippen LogP contribution in [0.15, 0.2) is 71.8 Å². The fourth-order valence-corrected chi connectivity index (χ4v) is 7.81. The monoisotopic (exact) mass is 593 g/mol. The lowest BCUT2D eigenvalue weighted by Crippen LogP contribution is -2.39. The van der Waals surface area contributed by atoms with Crippen molar-refractivity contribution in [2.45, 2.75) is 17.4 Å². The third-order valence-electron chi connectivity index (χ3n) is 7.38.